The third-order valence-electron chi connectivity index (χ3n) is 2.22. The molecule has 100 valence electrons. The summed E-state index contributed by atoms with van der Waals surface area (Å²) in [6.45, 7) is 3.06. The normalized spacial score (nSPS) is 10.3. The van der Waals surface area contributed by atoms with Gasteiger partial charge in [-0.3, -0.25) is 4.79 Å². The molecule has 1 aromatic carbocycles. The van der Waals surface area contributed by atoms with Gasteiger partial charge in [0.1, 0.15) is 12.4 Å². The molecule has 0 unspecified atom stereocenters. The Hall–Kier alpha value is -1.07. The van der Waals surface area contributed by atoms with Crippen LogP contribution in [0.4, 0.5) is 4.39 Å². The number of halogens is 1. The Kier molecular flexibility index (Phi) is 7.44. The van der Waals surface area contributed by atoms with Crippen molar-refractivity contribution in [2.75, 3.05) is 25.5 Å². The van der Waals surface area contributed by atoms with Gasteiger partial charge in [-0.05, 0) is 18.6 Å². The third kappa shape index (κ3) is 6.02. The van der Waals surface area contributed by atoms with Crippen molar-refractivity contribution in [3.8, 4) is 0 Å². The zero-order valence-electron chi connectivity index (χ0n) is 10.4. The highest BCUT2D eigenvalue weighted by Gasteiger charge is 2.02. The van der Waals surface area contributed by atoms with Crippen molar-refractivity contribution in [3.63, 3.8) is 0 Å². The summed E-state index contributed by atoms with van der Waals surface area (Å²) < 4.78 is 18.2. The quantitative estimate of drug-likeness (QED) is 0.737. The van der Waals surface area contributed by atoms with Crippen LogP contribution < -0.4 is 5.32 Å². The van der Waals surface area contributed by atoms with Crippen LogP contribution >= 0.6 is 11.8 Å². The molecule has 0 fully saturated rings. The van der Waals surface area contributed by atoms with E-state index in [1.165, 1.54) is 6.07 Å². The summed E-state index contributed by atoms with van der Waals surface area (Å²) in [6.07, 6.45) is 0. The summed E-state index contributed by atoms with van der Waals surface area (Å²) in [6, 6.07) is 6.73. The molecule has 0 spiro atoms. The number of hydrogen-bond donors (Lipinski definition) is 1. The molecule has 5 heteroatoms. The number of ether oxygens (including phenoxy) is 1. The van der Waals surface area contributed by atoms with E-state index in [0.717, 1.165) is 5.75 Å². The average molecular weight is 271 g/mol. The Balaban J connectivity index is 2.09. The molecule has 0 aliphatic carbocycles. The molecule has 1 aromatic rings. The number of hydrogen-bond acceptors (Lipinski definition) is 3. The summed E-state index contributed by atoms with van der Waals surface area (Å²) in [4.78, 5) is 11.2. The minimum Gasteiger partial charge on any atom is -0.372 e. The first-order valence-electron chi connectivity index (χ1n) is 5.89. The van der Waals surface area contributed by atoms with Gasteiger partial charge in [-0.25, -0.2) is 4.39 Å². The highest BCUT2D eigenvalue weighted by Crippen LogP contribution is 2.14. The molecule has 0 saturated carbocycles. The summed E-state index contributed by atoms with van der Waals surface area (Å²) >= 11 is 1.59. The van der Waals surface area contributed by atoms with Gasteiger partial charge < -0.3 is 10.1 Å². The summed E-state index contributed by atoms with van der Waals surface area (Å²) in [7, 11) is 0. The van der Waals surface area contributed by atoms with Crippen molar-refractivity contribution >= 4 is 17.7 Å². The Morgan fingerprint density at radius 1 is 1.44 bits per heavy atom. The standard InChI is InChI=1S/C13H18FNO2S/c1-2-17-9-13(16)15-7-8-18-10-11-5-3-4-6-12(11)14/h3-6H,2,7-10H2,1H3,(H,15,16). The number of nitrogens with one attached hydrogen (secondary N) is 1. The van der Waals surface area contributed by atoms with E-state index in [2.05, 4.69) is 5.32 Å². The van der Waals surface area contributed by atoms with Crippen LogP contribution in [0.5, 0.6) is 0 Å². The van der Waals surface area contributed by atoms with Crippen molar-refractivity contribution < 1.29 is 13.9 Å². The zero-order valence-corrected chi connectivity index (χ0v) is 11.3. The minimum atomic E-state index is -0.176. The van der Waals surface area contributed by atoms with Crippen molar-refractivity contribution in [1.82, 2.24) is 5.32 Å². The van der Waals surface area contributed by atoms with Gasteiger partial charge in [0.05, 0.1) is 0 Å². The topological polar surface area (TPSA) is 38.3 Å². The highest BCUT2D eigenvalue weighted by atomic mass is 32.2. The minimum absolute atomic E-state index is 0.106. The second-order valence-electron chi connectivity index (χ2n) is 3.63. The van der Waals surface area contributed by atoms with Gasteiger partial charge in [-0.1, -0.05) is 18.2 Å². The lowest BCUT2D eigenvalue weighted by Crippen LogP contribution is -2.29. The van der Waals surface area contributed by atoms with Crippen LogP contribution in [0.1, 0.15) is 12.5 Å². The fraction of sp³-hybridized carbons (Fsp3) is 0.462. The third-order valence-corrected chi connectivity index (χ3v) is 3.23. The van der Waals surface area contributed by atoms with E-state index >= 15 is 0 Å². The molecule has 0 atom stereocenters. The molecule has 0 saturated heterocycles. The maximum Gasteiger partial charge on any atom is 0.246 e. The SMILES string of the molecule is CCOCC(=O)NCCSCc1ccccc1F. The lowest BCUT2D eigenvalue weighted by molar-refractivity contribution is -0.125. The van der Waals surface area contributed by atoms with Crippen molar-refractivity contribution in [2.45, 2.75) is 12.7 Å². The Bertz CT molecular complexity index is 374. The summed E-state index contributed by atoms with van der Waals surface area (Å²) in [5, 5.41) is 2.74. The van der Waals surface area contributed by atoms with Crippen LogP contribution in [-0.2, 0) is 15.3 Å². The molecule has 0 aliphatic rings. The fourth-order valence-electron chi connectivity index (χ4n) is 1.31. The molecule has 0 heterocycles. The van der Waals surface area contributed by atoms with Crippen LogP contribution in [0.2, 0.25) is 0 Å². The van der Waals surface area contributed by atoms with E-state index in [4.69, 9.17) is 4.74 Å². The first kappa shape index (κ1) is 15.0. The maximum absolute atomic E-state index is 13.3. The molecule has 0 aromatic heterocycles. The molecular formula is C13H18FNO2S. The van der Waals surface area contributed by atoms with E-state index in [0.29, 0.717) is 24.5 Å². The number of carbonyl (C=O) groups excluding carboxylic acids is 1. The summed E-state index contributed by atoms with van der Waals surface area (Å²) in [5.74, 6) is 1.09. The van der Waals surface area contributed by atoms with Gasteiger partial charge in [-0.2, -0.15) is 11.8 Å². The van der Waals surface area contributed by atoms with E-state index in [-0.39, 0.29) is 18.3 Å². The molecule has 18 heavy (non-hydrogen) atoms. The summed E-state index contributed by atoms with van der Waals surface area (Å²) in [5.41, 5.74) is 0.697. The predicted octanol–water partition coefficient (Wildman–Crippen LogP) is 2.21. The van der Waals surface area contributed by atoms with E-state index in [1.807, 2.05) is 13.0 Å². The van der Waals surface area contributed by atoms with E-state index in [1.54, 1.807) is 23.9 Å². The molecule has 3 nitrogen and oxygen atoms in total. The lowest BCUT2D eigenvalue weighted by atomic mass is 10.2. The second-order valence-corrected chi connectivity index (χ2v) is 4.74. The van der Waals surface area contributed by atoms with Gasteiger partial charge in [0, 0.05) is 24.7 Å². The Morgan fingerprint density at radius 2 is 2.22 bits per heavy atom. The van der Waals surface area contributed by atoms with Gasteiger partial charge in [0.2, 0.25) is 5.91 Å². The highest BCUT2D eigenvalue weighted by molar-refractivity contribution is 7.98. The van der Waals surface area contributed by atoms with Crippen LogP contribution in [0.15, 0.2) is 24.3 Å². The second kappa shape index (κ2) is 8.94. The van der Waals surface area contributed by atoms with Crippen molar-refractivity contribution in [1.29, 1.82) is 0 Å². The smallest absolute Gasteiger partial charge is 0.246 e. The molecule has 1 amide bonds. The molecule has 0 radical (unpaired) electrons. The Morgan fingerprint density at radius 3 is 2.94 bits per heavy atom. The van der Waals surface area contributed by atoms with Crippen LogP contribution in [-0.4, -0.2) is 31.4 Å². The number of thioether (sulfide) groups is 1. The van der Waals surface area contributed by atoms with Gasteiger partial charge >= 0.3 is 0 Å². The first-order chi connectivity index (χ1) is 8.74. The monoisotopic (exact) mass is 271 g/mol. The van der Waals surface area contributed by atoms with Crippen LogP contribution in [0, 0.1) is 5.82 Å². The van der Waals surface area contributed by atoms with Crippen molar-refractivity contribution in [3.05, 3.63) is 35.6 Å². The lowest BCUT2D eigenvalue weighted by Gasteiger charge is -2.05. The van der Waals surface area contributed by atoms with Gasteiger partial charge in [0.25, 0.3) is 0 Å². The Labute approximate surface area is 111 Å². The molecule has 0 bridgehead atoms. The van der Waals surface area contributed by atoms with Crippen LogP contribution in [0.25, 0.3) is 0 Å². The average Bonchev–Trinajstić information content (AvgIpc) is 2.38. The van der Waals surface area contributed by atoms with E-state index in [9.17, 15) is 9.18 Å². The maximum atomic E-state index is 13.3. The number of rotatable bonds is 8. The predicted molar refractivity (Wildman–Crippen MR) is 72.1 cm³/mol. The fourth-order valence-corrected chi connectivity index (χ4v) is 2.15. The van der Waals surface area contributed by atoms with Gasteiger partial charge in [-0.15, -0.1) is 0 Å². The molecular weight excluding hydrogens is 253 g/mol. The first-order valence-corrected chi connectivity index (χ1v) is 7.05. The molecule has 1 rings (SSSR count). The molecule has 1 N–H and O–H groups in total. The number of carbonyl (C=O) groups is 1. The largest absolute Gasteiger partial charge is 0.372 e. The van der Waals surface area contributed by atoms with E-state index < -0.39 is 0 Å². The van der Waals surface area contributed by atoms with Crippen LogP contribution in [0.3, 0.4) is 0 Å². The number of benzene rings is 1. The number of amides is 1. The van der Waals surface area contributed by atoms with Crippen molar-refractivity contribution in [2.24, 2.45) is 0 Å². The zero-order chi connectivity index (χ0) is 13.2. The van der Waals surface area contributed by atoms with Gasteiger partial charge in [0.15, 0.2) is 0 Å². The molecule has 0 aliphatic heterocycles.